The summed E-state index contributed by atoms with van der Waals surface area (Å²) in [4.78, 5) is 5.14. The van der Waals surface area contributed by atoms with Gasteiger partial charge in [0.05, 0.1) is 6.54 Å². The van der Waals surface area contributed by atoms with Gasteiger partial charge in [-0.25, -0.2) is 0 Å². The topological polar surface area (TPSA) is 32.5 Å². The van der Waals surface area contributed by atoms with Gasteiger partial charge in [-0.15, -0.1) is 0 Å². The molecule has 1 fully saturated rings. The van der Waals surface area contributed by atoms with Crippen molar-refractivity contribution < 1.29 is 0 Å². The van der Waals surface area contributed by atoms with Crippen molar-refractivity contribution in [3.63, 3.8) is 0 Å². The highest BCUT2D eigenvalue weighted by Crippen LogP contribution is 2.12. The van der Waals surface area contributed by atoms with Crippen molar-refractivity contribution in [2.75, 3.05) is 32.7 Å². The minimum absolute atomic E-state index is 0.419. The third kappa shape index (κ3) is 4.86. The molecule has 0 saturated carbocycles. The fourth-order valence-electron chi connectivity index (χ4n) is 2.73. The van der Waals surface area contributed by atoms with Gasteiger partial charge in [0.15, 0.2) is 0 Å². The van der Waals surface area contributed by atoms with Crippen LogP contribution in [-0.2, 0) is 6.54 Å². The number of hydrogen-bond acceptors (Lipinski definition) is 3. The van der Waals surface area contributed by atoms with Crippen molar-refractivity contribution >= 4 is 0 Å². The first-order chi connectivity index (χ1) is 10.2. The molecule has 1 aliphatic heterocycles. The molecule has 1 atom stereocenters. The van der Waals surface area contributed by atoms with Crippen molar-refractivity contribution in [3.05, 3.63) is 35.4 Å². The van der Waals surface area contributed by atoms with Crippen LogP contribution in [0.25, 0.3) is 0 Å². The lowest BCUT2D eigenvalue weighted by atomic mass is 10.1. The van der Waals surface area contributed by atoms with E-state index in [0.29, 0.717) is 12.6 Å². The quantitative estimate of drug-likeness (QED) is 0.858. The van der Waals surface area contributed by atoms with Gasteiger partial charge in [-0.2, -0.15) is 0 Å². The van der Waals surface area contributed by atoms with Gasteiger partial charge >= 0.3 is 0 Å². The molecule has 0 spiro atoms. The Hall–Kier alpha value is -1.34. The lowest BCUT2D eigenvalue weighted by molar-refractivity contribution is 0.0964. The molecule has 3 heteroatoms. The predicted octanol–water partition coefficient (Wildman–Crippen LogP) is 1.91. The zero-order valence-electron chi connectivity index (χ0n) is 13.3. The first kappa shape index (κ1) is 16.0. The second-order valence-electron chi connectivity index (χ2n) is 5.77. The fraction of sp³-hybridized carbons (Fsp3) is 0.556. The molecule has 114 valence electrons. The van der Waals surface area contributed by atoms with E-state index in [2.05, 4.69) is 59.8 Å². The normalized spacial score (nSPS) is 18.0. The number of benzene rings is 1. The number of piperazine rings is 1. The molecule has 2 rings (SSSR count). The molecule has 21 heavy (non-hydrogen) atoms. The molecule has 2 N–H and O–H groups in total. The van der Waals surface area contributed by atoms with Crippen LogP contribution < -0.4 is 5.73 Å². The maximum Gasteiger partial charge on any atom is 0.0555 e. The lowest BCUT2D eigenvalue weighted by Gasteiger charge is -2.37. The Bertz CT molecular complexity index is 475. The molecule has 1 aliphatic rings. The molecule has 0 aliphatic carbocycles. The van der Waals surface area contributed by atoms with Crippen LogP contribution in [0, 0.1) is 11.8 Å². The number of nitrogens with zero attached hydrogens (tertiary/aromatic N) is 2. The molecule has 1 heterocycles. The molecule has 0 radical (unpaired) electrons. The lowest BCUT2D eigenvalue weighted by Crippen LogP contribution is -2.48. The standard InChI is InChI=1S/C18H27N3/c1-3-16(2)21-13-11-20(12-14-21)15-18-8-6-17(7-9-18)5-4-10-19/h6-9,16H,3,10-15,19H2,1-2H3. The van der Waals surface area contributed by atoms with Gasteiger partial charge in [-0.1, -0.05) is 30.9 Å². The summed E-state index contributed by atoms with van der Waals surface area (Å²) in [5.41, 5.74) is 7.80. The molecular formula is C18H27N3. The van der Waals surface area contributed by atoms with Crippen LogP contribution in [0.4, 0.5) is 0 Å². The molecule has 0 amide bonds. The van der Waals surface area contributed by atoms with E-state index in [1.54, 1.807) is 0 Å². The Labute approximate surface area is 129 Å². The first-order valence-corrected chi connectivity index (χ1v) is 7.97. The van der Waals surface area contributed by atoms with E-state index in [-0.39, 0.29) is 0 Å². The SMILES string of the molecule is CCC(C)N1CCN(Cc2ccc(C#CCN)cc2)CC1. The van der Waals surface area contributed by atoms with Crippen molar-refractivity contribution in [1.29, 1.82) is 0 Å². The highest BCUT2D eigenvalue weighted by molar-refractivity contribution is 5.36. The molecular weight excluding hydrogens is 258 g/mol. The molecule has 0 aromatic heterocycles. The van der Waals surface area contributed by atoms with E-state index >= 15 is 0 Å². The fourth-order valence-corrected chi connectivity index (χ4v) is 2.73. The van der Waals surface area contributed by atoms with Gasteiger partial charge in [0.1, 0.15) is 0 Å². The molecule has 1 aromatic carbocycles. The smallest absolute Gasteiger partial charge is 0.0555 e. The highest BCUT2D eigenvalue weighted by Gasteiger charge is 2.19. The summed E-state index contributed by atoms with van der Waals surface area (Å²) in [5, 5.41) is 0. The second kappa shape index (κ2) is 8.19. The van der Waals surface area contributed by atoms with Crippen LogP contribution in [0.1, 0.15) is 31.4 Å². The van der Waals surface area contributed by atoms with Gasteiger partial charge in [0.2, 0.25) is 0 Å². The molecule has 0 bridgehead atoms. The monoisotopic (exact) mass is 285 g/mol. The Morgan fingerprint density at radius 1 is 1.14 bits per heavy atom. The summed E-state index contributed by atoms with van der Waals surface area (Å²) in [6, 6.07) is 9.26. The van der Waals surface area contributed by atoms with Crippen LogP contribution in [0.3, 0.4) is 0 Å². The van der Waals surface area contributed by atoms with Gasteiger partial charge in [0, 0.05) is 44.3 Å². The Kier molecular flexibility index (Phi) is 6.25. The zero-order chi connectivity index (χ0) is 15.1. The van der Waals surface area contributed by atoms with Crippen molar-refractivity contribution in [2.24, 2.45) is 5.73 Å². The number of nitrogens with two attached hydrogens (primary N) is 1. The highest BCUT2D eigenvalue weighted by atomic mass is 15.3. The Morgan fingerprint density at radius 3 is 2.38 bits per heavy atom. The maximum absolute atomic E-state index is 5.39. The van der Waals surface area contributed by atoms with Gasteiger partial charge in [0.25, 0.3) is 0 Å². The first-order valence-electron chi connectivity index (χ1n) is 7.97. The zero-order valence-corrected chi connectivity index (χ0v) is 13.3. The molecule has 1 saturated heterocycles. The van der Waals surface area contributed by atoms with Crippen LogP contribution >= 0.6 is 0 Å². The van der Waals surface area contributed by atoms with Crippen LogP contribution in [-0.4, -0.2) is 48.6 Å². The summed E-state index contributed by atoms with van der Waals surface area (Å²) in [6.45, 7) is 10.8. The summed E-state index contributed by atoms with van der Waals surface area (Å²) in [6.07, 6.45) is 1.24. The second-order valence-corrected chi connectivity index (χ2v) is 5.77. The van der Waals surface area contributed by atoms with Gasteiger partial charge in [-0.3, -0.25) is 9.80 Å². The largest absolute Gasteiger partial charge is 0.320 e. The number of hydrogen-bond donors (Lipinski definition) is 1. The predicted molar refractivity (Wildman–Crippen MR) is 89.0 cm³/mol. The van der Waals surface area contributed by atoms with E-state index in [0.717, 1.165) is 12.1 Å². The van der Waals surface area contributed by atoms with E-state index < -0.39 is 0 Å². The Balaban J connectivity index is 1.83. The minimum Gasteiger partial charge on any atom is -0.320 e. The molecule has 3 nitrogen and oxygen atoms in total. The summed E-state index contributed by atoms with van der Waals surface area (Å²) < 4.78 is 0. The Morgan fingerprint density at radius 2 is 1.81 bits per heavy atom. The van der Waals surface area contributed by atoms with Crippen LogP contribution in [0.2, 0.25) is 0 Å². The molecule has 1 aromatic rings. The van der Waals surface area contributed by atoms with Crippen molar-refractivity contribution in [2.45, 2.75) is 32.9 Å². The van der Waals surface area contributed by atoms with Crippen molar-refractivity contribution in [1.82, 2.24) is 9.80 Å². The van der Waals surface area contributed by atoms with E-state index in [1.165, 1.54) is 38.2 Å². The summed E-state index contributed by atoms with van der Waals surface area (Å²) in [5.74, 6) is 5.95. The van der Waals surface area contributed by atoms with E-state index in [9.17, 15) is 0 Å². The van der Waals surface area contributed by atoms with Crippen LogP contribution in [0.5, 0.6) is 0 Å². The van der Waals surface area contributed by atoms with E-state index in [4.69, 9.17) is 5.73 Å². The van der Waals surface area contributed by atoms with E-state index in [1.807, 2.05) is 0 Å². The minimum atomic E-state index is 0.419. The van der Waals surface area contributed by atoms with Crippen LogP contribution in [0.15, 0.2) is 24.3 Å². The average molecular weight is 285 g/mol. The average Bonchev–Trinajstić information content (AvgIpc) is 2.54. The van der Waals surface area contributed by atoms with Gasteiger partial charge < -0.3 is 5.73 Å². The van der Waals surface area contributed by atoms with Crippen molar-refractivity contribution in [3.8, 4) is 11.8 Å². The summed E-state index contributed by atoms with van der Waals surface area (Å²) >= 11 is 0. The maximum atomic E-state index is 5.39. The molecule has 1 unspecified atom stereocenters. The van der Waals surface area contributed by atoms with Gasteiger partial charge in [-0.05, 0) is 31.0 Å². The third-order valence-corrected chi connectivity index (χ3v) is 4.32. The number of rotatable bonds is 4. The summed E-state index contributed by atoms with van der Waals surface area (Å²) in [7, 11) is 0. The third-order valence-electron chi connectivity index (χ3n) is 4.32.